The lowest BCUT2D eigenvalue weighted by Gasteiger charge is -2.38. The smallest absolute Gasteiger partial charge is 0.324 e. The first-order valence-corrected chi connectivity index (χ1v) is 10.2. The number of aromatic nitrogens is 2. The molecule has 7 heteroatoms. The lowest BCUT2D eigenvalue weighted by molar-refractivity contribution is -0.139. The quantitative estimate of drug-likeness (QED) is 0.805. The summed E-state index contributed by atoms with van der Waals surface area (Å²) in [6.07, 6.45) is 5.16. The number of likely N-dealkylation sites (tertiary alicyclic amines) is 1. The number of ether oxygens (including phenoxy) is 1. The van der Waals surface area contributed by atoms with E-state index < -0.39 is 0 Å². The molecule has 2 aliphatic heterocycles. The largest absolute Gasteiger partial charge is 0.497 e. The maximum absolute atomic E-state index is 12.9. The van der Waals surface area contributed by atoms with E-state index in [9.17, 15) is 4.79 Å². The van der Waals surface area contributed by atoms with Crippen LogP contribution in [0.3, 0.4) is 0 Å². The summed E-state index contributed by atoms with van der Waals surface area (Å²) < 4.78 is 10.7. The molecule has 0 bridgehead atoms. The van der Waals surface area contributed by atoms with E-state index in [1.807, 2.05) is 24.3 Å². The van der Waals surface area contributed by atoms with Gasteiger partial charge in [-0.05, 0) is 63.3 Å². The summed E-state index contributed by atoms with van der Waals surface area (Å²) in [5.74, 6) is 1.80. The van der Waals surface area contributed by atoms with Crippen LogP contribution >= 0.6 is 0 Å². The van der Waals surface area contributed by atoms with Crippen LogP contribution in [0, 0.1) is 5.92 Å². The van der Waals surface area contributed by atoms with Gasteiger partial charge in [0.25, 0.3) is 0 Å². The van der Waals surface area contributed by atoms with Crippen molar-refractivity contribution in [3.8, 4) is 17.1 Å². The van der Waals surface area contributed by atoms with Gasteiger partial charge in [-0.25, -0.2) is 0 Å². The molecule has 0 radical (unpaired) electrons. The molecule has 0 N–H and O–H groups in total. The van der Waals surface area contributed by atoms with E-state index in [2.05, 4.69) is 26.9 Å². The molecule has 7 nitrogen and oxygen atoms in total. The summed E-state index contributed by atoms with van der Waals surface area (Å²) >= 11 is 0. The molecule has 150 valence electrons. The van der Waals surface area contributed by atoms with Crippen molar-refractivity contribution in [3.63, 3.8) is 0 Å². The zero-order chi connectivity index (χ0) is 19.5. The summed E-state index contributed by atoms with van der Waals surface area (Å²) in [5, 5.41) is 4.11. The highest BCUT2D eigenvalue weighted by Crippen LogP contribution is 2.28. The van der Waals surface area contributed by atoms with Crippen molar-refractivity contribution >= 4 is 11.9 Å². The number of benzene rings is 1. The number of methoxy groups -OCH3 is 1. The zero-order valence-electron chi connectivity index (χ0n) is 16.6. The third-order valence-corrected chi connectivity index (χ3v) is 5.96. The van der Waals surface area contributed by atoms with Gasteiger partial charge < -0.3 is 19.1 Å². The van der Waals surface area contributed by atoms with Gasteiger partial charge in [0.2, 0.25) is 11.7 Å². The van der Waals surface area contributed by atoms with Crippen LogP contribution in [-0.4, -0.2) is 53.7 Å². The topological polar surface area (TPSA) is 71.7 Å². The minimum absolute atomic E-state index is 0.112. The molecule has 1 aromatic carbocycles. The number of rotatable bonds is 4. The van der Waals surface area contributed by atoms with Gasteiger partial charge in [0.15, 0.2) is 0 Å². The number of hydrogen-bond acceptors (Lipinski definition) is 6. The van der Waals surface area contributed by atoms with Gasteiger partial charge in [-0.2, -0.15) is 4.98 Å². The summed E-state index contributed by atoms with van der Waals surface area (Å²) in [4.78, 5) is 21.6. The van der Waals surface area contributed by atoms with Crippen LogP contribution in [0.1, 0.15) is 39.0 Å². The molecule has 2 aromatic rings. The Labute approximate surface area is 165 Å². The van der Waals surface area contributed by atoms with E-state index in [0.717, 1.165) is 56.6 Å². The normalized spacial score (nSPS) is 21.0. The standard InChI is InChI=1S/C21H28N4O3/c1-15-5-3-4-12-25(15)20(26)17-10-13-24(14-11-17)21-22-19(23-28-21)16-6-8-18(27-2)9-7-16/h6-9,15,17H,3-5,10-14H2,1-2H3/t15-/m1/s1. The molecule has 1 aromatic heterocycles. The van der Waals surface area contributed by atoms with Crippen LogP contribution in [0.4, 0.5) is 6.01 Å². The Morgan fingerprint density at radius 1 is 1.11 bits per heavy atom. The number of nitrogens with zero attached hydrogens (tertiary/aromatic N) is 4. The van der Waals surface area contributed by atoms with Gasteiger partial charge in [-0.3, -0.25) is 4.79 Å². The van der Waals surface area contributed by atoms with E-state index in [-0.39, 0.29) is 5.92 Å². The first-order valence-electron chi connectivity index (χ1n) is 10.2. The van der Waals surface area contributed by atoms with E-state index in [4.69, 9.17) is 9.26 Å². The van der Waals surface area contributed by atoms with Crippen molar-refractivity contribution in [1.29, 1.82) is 0 Å². The van der Waals surface area contributed by atoms with Gasteiger partial charge in [-0.15, -0.1) is 0 Å². The van der Waals surface area contributed by atoms with Crippen molar-refractivity contribution in [2.24, 2.45) is 5.92 Å². The second-order valence-corrected chi connectivity index (χ2v) is 7.77. The second-order valence-electron chi connectivity index (χ2n) is 7.77. The lowest BCUT2D eigenvalue weighted by Crippen LogP contribution is -2.47. The van der Waals surface area contributed by atoms with Gasteiger partial charge in [-0.1, -0.05) is 5.16 Å². The summed E-state index contributed by atoms with van der Waals surface area (Å²) in [6, 6.07) is 8.50. The van der Waals surface area contributed by atoms with E-state index in [1.54, 1.807) is 7.11 Å². The minimum atomic E-state index is 0.112. The SMILES string of the molecule is COc1ccc(-c2noc(N3CCC(C(=O)N4CCCC[C@H]4C)CC3)n2)cc1. The van der Waals surface area contributed by atoms with Crippen LogP contribution in [0.25, 0.3) is 11.4 Å². The fraction of sp³-hybridized carbons (Fsp3) is 0.571. The van der Waals surface area contributed by atoms with Crippen molar-refractivity contribution < 1.29 is 14.1 Å². The summed E-state index contributed by atoms with van der Waals surface area (Å²) in [6.45, 7) is 4.62. The number of anilines is 1. The number of amides is 1. The zero-order valence-corrected chi connectivity index (χ0v) is 16.6. The number of carbonyl (C=O) groups is 1. The molecular formula is C21H28N4O3. The number of hydrogen-bond donors (Lipinski definition) is 0. The molecule has 2 aliphatic rings. The number of piperidine rings is 2. The molecule has 1 amide bonds. The molecule has 28 heavy (non-hydrogen) atoms. The Morgan fingerprint density at radius 2 is 1.86 bits per heavy atom. The van der Waals surface area contributed by atoms with Crippen LogP contribution in [-0.2, 0) is 4.79 Å². The third-order valence-electron chi connectivity index (χ3n) is 5.96. The molecule has 3 heterocycles. The molecule has 0 aliphatic carbocycles. The van der Waals surface area contributed by atoms with Crippen LogP contribution in [0.5, 0.6) is 5.75 Å². The lowest BCUT2D eigenvalue weighted by atomic mass is 9.93. The van der Waals surface area contributed by atoms with Crippen molar-refractivity contribution in [2.75, 3.05) is 31.6 Å². The fourth-order valence-electron chi connectivity index (χ4n) is 4.18. The Hall–Kier alpha value is -2.57. The van der Waals surface area contributed by atoms with Gasteiger partial charge in [0.05, 0.1) is 7.11 Å². The highest BCUT2D eigenvalue weighted by molar-refractivity contribution is 5.79. The molecule has 1 atom stereocenters. The fourth-order valence-corrected chi connectivity index (χ4v) is 4.18. The van der Waals surface area contributed by atoms with Gasteiger partial charge >= 0.3 is 6.01 Å². The molecular weight excluding hydrogens is 356 g/mol. The average Bonchev–Trinajstić information content (AvgIpc) is 3.24. The molecule has 4 rings (SSSR count). The highest BCUT2D eigenvalue weighted by Gasteiger charge is 2.33. The Bertz CT molecular complexity index is 796. The summed E-state index contributed by atoms with van der Waals surface area (Å²) in [7, 11) is 1.64. The first kappa shape index (κ1) is 18.8. The van der Waals surface area contributed by atoms with Crippen molar-refractivity contribution in [1.82, 2.24) is 15.0 Å². The Kier molecular flexibility index (Phi) is 5.50. The highest BCUT2D eigenvalue weighted by atomic mass is 16.5. The van der Waals surface area contributed by atoms with Crippen LogP contribution in [0.15, 0.2) is 28.8 Å². The van der Waals surface area contributed by atoms with Crippen LogP contribution in [0.2, 0.25) is 0 Å². The first-order chi connectivity index (χ1) is 13.7. The molecule has 2 saturated heterocycles. The summed E-state index contributed by atoms with van der Waals surface area (Å²) in [5.41, 5.74) is 0.889. The Balaban J connectivity index is 1.36. The number of carbonyl (C=O) groups excluding carboxylic acids is 1. The van der Waals surface area contributed by atoms with Crippen LogP contribution < -0.4 is 9.64 Å². The van der Waals surface area contributed by atoms with Crippen molar-refractivity contribution in [3.05, 3.63) is 24.3 Å². The average molecular weight is 384 g/mol. The van der Waals surface area contributed by atoms with E-state index in [0.29, 0.717) is 23.8 Å². The predicted molar refractivity (Wildman–Crippen MR) is 106 cm³/mol. The molecule has 0 saturated carbocycles. The molecule has 2 fully saturated rings. The van der Waals surface area contributed by atoms with Gasteiger partial charge in [0.1, 0.15) is 5.75 Å². The third kappa shape index (κ3) is 3.84. The minimum Gasteiger partial charge on any atom is -0.497 e. The van der Waals surface area contributed by atoms with E-state index >= 15 is 0 Å². The monoisotopic (exact) mass is 384 g/mol. The Morgan fingerprint density at radius 3 is 2.54 bits per heavy atom. The molecule has 0 unspecified atom stereocenters. The maximum Gasteiger partial charge on any atom is 0.324 e. The maximum atomic E-state index is 12.9. The van der Waals surface area contributed by atoms with Gasteiger partial charge in [0, 0.05) is 37.2 Å². The molecule has 0 spiro atoms. The second kappa shape index (κ2) is 8.20. The van der Waals surface area contributed by atoms with Crippen molar-refractivity contribution in [2.45, 2.75) is 45.1 Å². The van der Waals surface area contributed by atoms with E-state index in [1.165, 1.54) is 6.42 Å². The predicted octanol–water partition coefficient (Wildman–Crippen LogP) is 3.36.